The molecule has 0 aromatic rings. The molecular weight excluding hydrogens is 380 g/mol. The van der Waals surface area contributed by atoms with Crippen LogP contribution >= 0.6 is 0 Å². The van der Waals surface area contributed by atoms with E-state index in [1.807, 2.05) is 0 Å². The molecule has 0 N–H and O–H groups in total. The molecule has 2 saturated carbocycles. The highest BCUT2D eigenvalue weighted by Gasteiger charge is 2.72. The molecule has 0 aromatic carbocycles. The lowest BCUT2D eigenvalue weighted by Gasteiger charge is -2.30. The highest BCUT2D eigenvalue weighted by Crippen LogP contribution is 2.49. The minimum absolute atomic E-state index is 0.00347. The predicted molar refractivity (Wildman–Crippen MR) is 61.2 cm³/mol. The number of rotatable bonds is 7. The molecule has 3 atom stereocenters. The summed E-state index contributed by atoms with van der Waals surface area (Å²) >= 11 is 0. The molecule has 0 amide bonds. The molecule has 2 aliphatic carbocycles. The number of hydrogen-bond donors (Lipinski definition) is 0. The van der Waals surface area contributed by atoms with Gasteiger partial charge in [0.25, 0.3) is 0 Å². The van der Waals surface area contributed by atoms with Crippen LogP contribution in [0.3, 0.4) is 0 Å². The van der Waals surface area contributed by atoms with Crippen LogP contribution in [0.4, 0.5) is 35.1 Å². The van der Waals surface area contributed by atoms with E-state index >= 15 is 0 Å². The van der Waals surface area contributed by atoms with Crippen LogP contribution in [0.1, 0.15) is 25.7 Å². The molecule has 24 heavy (non-hydrogen) atoms. The lowest BCUT2D eigenvalue weighted by atomic mass is 9.98. The molecule has 0 saturated heterocycles. The second-order valence-electron chi connectivity index (χ2n) is 5.76. The van der Waals surface area contributed by atoms with Crippen molar-refractivity contribution in [2.45, 2.75) is 55.7 Å². The first-order chi connectivity index (χ1) is 10.7. The van der Waals surface area contributed by atoms with Gasteiger partial charge >= 0.3 is 34.0 Å². The van der Waals surface area contributed by atoms with Gasteiger partial charge in [0.15, 0.2) is 0 Å². The Hall–Kier alpha value is -0.690. The molecular formula is C11H12F8O4S. The van der Waals surface area contributed by atoms with Crippen molar-refractivity contribution in [1.29, 1.82) is 0 Å². The Labute approximate surface area is 131 Å². The Morgan fingerprint density at radius 3 is 1.96 bits per heavy atom. The van der Waals surface area contributed by atoms with Gasteiger partial charge in [0.1, 0.15) is 0 Å². The lowest BCUT2D eigenvalue weighted by Crippen LogP contribution is -2.54. The summed E-state index contributed by atoms with van der Waals surface area (Å²) in [5.41, 5.74) is 0. The molecule has 0 heterocycles. The minimum atomic E-state index is -6.43. The topological polar surface area (TPSA) is 52.6 Å². The van der Waals surface area contributed by atoms with Crippen molar-refractivity contribution in [2.75, 3.05) is 0 Å². The molecule has 2 bridgehead atoms. The van der Waals surface area contributed by atoms with E-state index in [4.69, 9.17) is 0 Å². The van der Waals surface area contributed by atoms with Crippen molar-refractivity contribution in [2.24, 2.45) is 11.8 Å². The molecule has 2 aliphatic rings. The maximum atomic E-state index is 13.5. The molecule has 0 spiro atoms. The van der Waals surface area contributed by atoms with E-state index in [-0.39, 0.29) is 12.3 Å². The van der Waals surface area contributed by atoms with E-state index < -0.39 is 46.0 Å². The van der Waals surface area contributed by atoms with Crippen LogP contribution in [-0.4, -0.2) is 38.4 Å². The standard InChI is InChI=1S/C11H12F8O4S/c12-8(13)9(14,15)23-10(16,17)11(18,19)24(20,21)22-7-4-5-1-2-6(7)3-5/h5-8H,1-4H2. The van der Waals surface area contributed by atoms with E-state index in [2.05, 4.69) is 8.92 Å². The number of halogens is 8. The van der Waals surface area contributed by atoms with Gasteiger partial charge < -0.3 is 0 Å². The zero-order valence-corrected chi connectivity index (χ0v) is 12.5. The quantitative estimate of drug-likeness (QED) is 0.491. The molecule has 142 valence electrons. The fraction of sp³-hybridized carbons (Fsp3) is 1.00. The van der Waals surface area contributed by atoms with Gasteiger partial charge in [0, 0.05) is 0 Å². The number of fused-ring (bicyclic) bond motifs is 2. The summed E-state index contributed by atoms with van der Waals surface area (Å²) in [4.78, 5) is 0. The summed E-state index contributed by atoms with van der Waals surface area (Å²) in [6.07, 6.45) is -16.9. The summed E-state index contributed by atoms with van der Waals surface area (Å²) in [5.74, 6) is -0.429. The van der Waals surface area contributed by atoms with Crippen molar-refractivity contribution in [3.05, 3.63) is 0 Å². The van der Waals surface area contributed by atoms with Crippen LogP contribution in [-0.2, 0) is 19.0 Å². The highest BCUT2D eigenvalue weighted by molar-refractivity contribution is 7.87. The predicted octanol–water partition coefficient (Wildman–Crippen LogP) is 3.58. The maximum absolute atomic E-state index is 13.5. The first kappa shape index (κ1) is 19.6. The smallest absolute Gasteiger partial charge is 0.262 e. The second kappa shape index (κ2) is 5.94. The fourth-order valence-corrected chi connectivity index (χ4v) is 3.96. The molecule has 0 radical (unpaired) electrons. The Bertz CT molecular complexity index is 579. The number of ether oxygens (including phenoxy) is 1. The van der Waals surface area contributed by atoms with E-state index in [0.717, 1.165) is 0 Å². The summed E-state index contributed by atoms with van der Waals surface area (Å²) in [6.45, 7) is 0. The third kappa shape index (κ3) is 3.34. The summed E-state index contributed by atoms with van der Waals surface area (Å²) in [5, 5.41) is -6.28. The van der Waals surface area contributed by atoms with Crippen LogP contribution in [0.25, 0.3) is 0 Å². The summed E-state index contributed by atoms with van der Waals surface area (Å²) in [6, 6.07) is 0. The Morgan fingerprint density at radius 1 is 0.958 bits per heavy atom. The van der Waals surface area contributed by atoms with Crippen LogP contribution in [0.2, 0.25) is 0 Å². The molecule has 3 unspecified atom stereocenters. The van der Waals surface area contributed by atoms with E-state index in [9.17, 15) is 43.5 Å². The van der Waals surface area contributed by atoms with E-state index in [1.54, 1.807) is 0 Å². The van der Waals surface area contributed by atoms with E-state index in [1.165, 1.54) is 0 Å². The second-order valence-corrected chi connectivity index (χ2v) is 7.38. The van der Waals surface area contributed by atoms with Crippen molar-refractivity contribution < 1.29 is 52.5 Å². The number of alkyl halides is 8. The molecule has 2 fully saturated rings. The first-order valence-electron chi connectivity index (χ1n) is 6.74. The Morgan fingerprint density at radius 2 is 1.54 bits per heavy atom. The summed E-state index contributed by atoms with van der Waals surface area (Å²) < 4.78 is 131. The minimum Gasteiger partial charge on any atom is -0.262 e. The van der Waals surface area contributed by atoms with Crippen LogP contribution in [0.15, 0.2) is 0 Å². The monoisotopic (exact) mass is 392 g/mol. The van der Waals surface area contributed by atoms with Gasteiger partial charge in [0.2, 0.25) is 0 Å². The normalized spacial score (nSPS) is 28.8. The van der Waals surface area contributed by atoms with Crippen LogP contribution < -0.4 is 0 Å². The third-order valence-corrected chi connectivity index (χ3v) is 5.46. The van der Waals surface area contributed by atoms with Gasteiger partial charge in [-0.15, -0.1) is 0 Å². The largest absolute Gasteiger partial charge is 0.460 e. The highest BCUT2D eigenvalue weighted by atomic mass is 32.2. The molecule has 4 nitrogen and oxygen atoms in total. The van der Waals surface area contributed by atoms with Gasteiger partial charge in [-0.3, -0.25) is 4.18 Å². The van der Waals surface area contributed by atoms with Crippen molar-refractivity contribution in [1.82, 2.24) is 0 Å². The zero-order chi connectivity index (χ0) is 18.6. The average Bonchev–Trinajstić information content (AvgIpc) is 2.98. The lowest BCUT2D eigenvalue weighted by molar-refractivity contribution is -0.436. The Kier molecular flexibility index (Phi) is 4.86. The van der Waals surface area contributed by atoms with Gasteiger partial charge in [-0.2, -0.15) is 34.8 Å². The SMILES string of the molecule is O=S(=O)(OC1CC2CCC1C2)C(F)(F)C(F)(F)OC(F)(F)C(F)F. The molecule has 0 aromatic heterocycles. The zero-order valence-electron chi connectivity index (χ0n) is 11.7. The fourth-order valence-electron chi connectivity index (χ4n) is 2.95. The van der Waals surface area contributed by atoms with E-state index in [0.29, 0.717) is 19.3 Å². The summed E-state index contributed by atoms with van der Waals surface area (Å²) in [7, 11) is -6.41. The first-order valence-corrected chi connectivity index (χ1v) is 8.15. The Balaban J connectivity index is 2.17. The number of hydrogen-bond acceptors (Lipinski definition) is 4. The average molecular weight is 392 g/mol. The van der Waals surface area contributed by atoms with Gasteiger partial charge in [-0.05, 0) is 37.5 Å². The van der Waals surface area contributed by atoms with Crippen molar-refractivity contribution >= 4 is 10.1 Å². The maximum Gasteiger partial charge on any atom is 0.460 e. The van der Waals surface area contributed by atoms with Crippen LogP contribution in [0.5, 0.6) is 0 Å². The van der Waals surface area contributed by atoms with Crippen molar-refractivity contribution in [3.63, 3.8) is 0 Å². The van der Waals surface area contributed by atoms with Gasteiger partial charge in [-0.1, -0.05) is 0 Å². The molecule has 2 rings (SSSR count). The van der Waals surface area contributed by atoms with Gasteiger partial charge in [-0.25, -0.2) is 13.5 Å². The van der Waals surface area contributed by atoms with Crippen LogP contribution in [0, 0.1) is 11.8 Å². The van der Waals surface area contributed by atoms with Gasteiger partial charge in [0.05, 0.1) is 6.10 Å². The molecule has 13 heteroatoms. The van der Waals surface area contributed by atoms with Crippen molar-refractivity contribution in [3.8, 4) is 0 Å². The molecule has 0 aliphatic heterocycles. The third-order valence-electron chi connectivity index (χ3n) is 4.09.